The smallest absolute Gasteiger partial charge is 0.238 e. The Morgan fingerprint density at radius 3 is 2.74 bits per heavy atom. The highest BCUT2D eigenvalue weighted by atomic mass is 35.5. The number of carbonyl (C=O) groups is 1. The lowest BCUT2D eigenvalue weighted by atomic mass is 10.1. The molecule has 0 unspecified atom stereocenters. The fourth-order valence-corrected chi connectivity index (χ4v) is 1.88. The summed E-state index contributed by atoms with van der Waals surface area (Å²) in [5.74, 6) is 0.660. The molecule has 0 radical (unpaired) electrons. The molecule has 1 aromatic rings. The molecule has 1 aliphatic heterocycles. The van der Waals surface area contributed by atoms with Gasteiger partial charge in [0.2, 0.25) is 5.91 Å². The summed E-state index contributed by atoms with van der Waals surface area (Å²) in [4.78, 5) is 14.0. The van der Waals surface area contributed by atoms with Crippen molar-refractivity contribution in [1.29, 1.82) is 0 Å². The van der Waals surface area contributed by atoms with E-state index >= 15 is 0 Å². The van der Waals surface area contributed by atoms with E-state index in [1.165, 1.54) is 0 Å². The number of para-hydroxylation sites is 2. The van der Waals surface area contributed by atoms with Crippen molar-refractivity contribution in [3.8, 4) is 5.75 Å². The van der Waals surface area contributed by atoms with Crippen LogP contribution in [0.25, 0.3) is 0 Å². The predicted octanol–water partition coefficient (Wildman–Crippen LogP) is 0.959. The van der Waals surface area contributed by atoms with Crippen molar-refractivity contribution < 1.29 is 9.53 Å². The minimum Gasteiger partial charge on any atom is -0.495 e. The molecule has 2 N–H and O–H groups in total. The second kappa shape index (κ2) is 7.33. The van der Waals surface area contributed by atoms with Crippen molar-refractivity contribution in [1.82, 2.24) is 10.2 Å². The summed E-state index contributed by atoms with van der Waals surface area (Å²) in [5, 5.41) is 6.06. The van der Waals surface area contributed by atoms with Gasteiger partial charge in [0, 0.05) is 19.1 Å². The van der Waals surface area contributed by atoms with Gasteiger partial charge in [0.05, 0.1) is 19.3 Å². The Morgan fingerprint density at radius 2 is 2.16 bits per heavy atom. The molecule has 0 aromatic heterocycles. The Bertz CT molecular complexity index is 424. The third-order valence-electron chi connectivity index (χ3n) is 3.16. The number of carbonyl (C=O) groups excluding carboxylic acids is 1. The summed E-state index contributed by atoms with van der Waals surface area (Å²) in [5.41, 5.74) is 0.713. The van der Waals surface area contributed by atoms with Gasteiger partial charge >= 0.3 is 0 Å². The molecular weight excluding hydrogens is 266 g/mol. The Kier molecular flexibility index (Phi) is 6.08. The number of hydrogen-bond acceptors (Lipinski definition) is 4. The summed E-state index contributed by atoms with van der Waals surface area (Å²) in [6.07, 6.45) is 0. The van der Waals surface area contributed by atoms with E-state index < -0.39 is 0 Å². The molecule has 0 aliphatic carbocycles. The molecule has 1 fully saturated rings. The largest absolute Gasteiger partial charge is 0.495 e. The zero-order valence-electron chi connectivity index (χ0n) is 11.2. The van der Waals surface area contributed by atoms with Crippen molar-refractivity contribution in [3.05, 3.63) is 24.3 Å². The van der Waals surface area contributed by atoms with Gasteiger partial charge in [0.25, 0.3) is 0 Å². The van der Waals surface area contributed by atoms with Crippen LogP contribution in [0.3, 0.4) is 0 Å². The fraction of sp³-hybridized carbons (Fsp3) is 0.462. The van der Waals surface area contributed by atoms with Crippen molar-refractivity contribution >= 4 is 24.0 Å². The van der Waals surface area contributed by atoms with E-state index in [0.717, 1.165) is 13.1 Å². The topological polar surface area (TPSA) is 53.6 Å². The van der Waals surface area contributed by atoms with E-state index in [9.17, 15) is 4.79 Å². The highest BCUT2D eigenvalue weighted by molar-refractivity contribution is 5.93. The lowest BCUT2D eigenvalue weighted by molar-refractivity contribution is -0.117. The highest BCUT2D eigenvalue weighted by Crippen LogP contribution is 2.22. The van der Waals surface area contributed by atoms with E-state index in [0.29, 0.717) is 24.0 Å². The molecule has 0 atom stereocenters. The van der Waals surface area contributed by atoms with Crippen LogP contribution >= 0.6 is 12.4 Å². The number of halogens is 1. The van der Waals surface area contributed by atoms with Crippen LogP contribution in [-0.2, 0) is 4.79 Å². The standard InChI is InChI=1S/C13H19N3O2.ClH/c1-16(10-7-14-8-10)9-13(17)15-11-5-3-4-6-12(11)18-2;/h3-6,10,14H,7-9H2,1-2H3,(H,15,17);1H. The molecule has 0 spiro atoms. The van der Waals surface area contributed by atoms with Crippen LogP contribution in [0.4, 0.5) is 5.69 Å². The molecule has 1 amide bonds. The number of anilines is 1. The van der Waals surface area contributed by atoms with E-state index in [1.807, 2.05) is 31.3 Å². The normalized spacial score (nSPS) is 14.5. The number of methoxy groups -OCH3 is 1. The maximum atomic E-state index is 11.9. The van der Waals surface area contributed by atoms with Gasteiger partial charge in [0.1, 0.15) is 5.75 Å². The summed E-state index contributed by atoms with van der Waals surface area (Å²) in [6.45, 7) is 2.31. The molecule has 6 heteroatoms. The molecule has 1 saturated heterocycles. The number of likely N-dealkylation sites (N-methyl/N-ethyl adjacent to an activating group) is 1. The first-order chi connectivity index (χ1) is 8.70. The number of amides is 1. The van der Waals surface area contributed by atoms with E-state index in [-0.39, 0.29) is 18.3 Å². The third-order valence-corrected chi connectivity index (χ3v) is 3.16. The molecule has 0 bridgehead atoms. The Morgan fingerprint density at radius 1 is 1.47 bits per heavy atom. The zero-order chi connectivity index (χ0) is 13.0. The quantitative estimate of drug-likeness (QED) is 0.846. The minimum absolute atomic E-state index is 0. The second-order valence-corrected chi connectivity index (χ2v) is 4.48. The van der Waals surface area contributed by atoms with Crippen molar-refractivity contribution in [2.75, 3.05) is 39.1 Å². The van der Waals surface area contributed by atoms with Gasteiger partial charge in [-0.15, -0.1) is 12.4 Å². The van der Waals surface area contributed by atoms with Crippen molar-refractivity contribution in [2.24, 2.45) is 0 Å². The summed E-state index contributed by atoms with van der Waals surface area (Å²) in [6, 6.07) is 7.88. The maximum Gasteiger partial charge on any atom is 0.238 e. The van der Waals surface area contributed by atoms with Gasteiger partial charge in [-0.05, 0) is 19.2 Å². The Hall–Kier alpha value is -1.30. The van der Waals surface area contributed by atoms with Crippen molar-refractivity contribution in [2.45, 2.75) is 6.04 Å². The van der Waals surface area contributed by atoms with Crippen LogP contribution in [0.5, 0.6) is 5.75 Å². The van der Waals surface area contributed by atoms with Gasteiger partial charge < -0.3 is 15.4 Å². The molecule has 106 valence electrons. The monoisotopic (exact) mass is 285 g/mol. The number of nitrogens with one attached hydrogen (secondary N) is 2. The Labute approximate surface area is 119 Å². The van der Waals surface area contributed by atoms with E-state index in [1.54, 1.807) is 7.11 Å². The summed E-state index contributed by atoms with van der Waals surface area (Å²) >= 11 is 0. The van der Waals surface area contributed by atoms with Crippen molar-refractivity contribution in [3.63, 3.8) is 0 Å². The number of rotatable bonds is 5. The van der Waals surface area contributed by atoms with E-state index in [2.05, 4.69) is 15.5 Å². The first kappa shape index (κ1) is 15.8. The van der Waals surface area contributed by atoms with E-state index in [4.69, 9.17) is 4.74 Å². The van der Waals surface area contributed by atoms with Crippen LogP contribution in [0.2, 0.25) is 0 Å². The average Bonchev–Trinajstić information content (AvgIpc) is 2.27. The van der Waals surface area contributed by atoms with Crippen LogP contribution in [0.1, 0.15) is 0 Å². The molecule has 5 nitrogen and oxygen atoms in total. The lowest BCUT2D eigenvalue weighted by Gasteiger charge is -2.35. The van der Waals surface area contributed by atoms with Gasteiger partial charge in [-0.2, -0.15) is 0 Å². The highest BCUT2D eigenvalue weighted by Gasteiger charge is 2.23. The maximum absolute atomic E-state index is 11.9. The molecule has 0 saturated carbocycles. The predicted molar refractivity (Wildman–Crippen MR) is 78.2 cm³/mol. The number of nitrogens with zero attached hydrogens (tertiary/aromatic N) is 1. The van der Waals surface area contributed by atoms with Crippen LogP contribution in [-0.4, -0.2) is 50.6 Å². The lowest BCUT2D eigenvalue weighted by Crippen LogP contribution is -2.57. The fourth-order valence-electron chi connectivity index (χ4n) is 1.88. The summed E-state index contributed by atoms with van der Waals surface area (Å²) < 4.78 is 5.19. The molecule has 2 rings (SSSR count). The number of benzene rings is 1. The second-order valence-electron chi connectivity index (χ2n) is 4.48. The first-order valence-electron chi connectivity index (χ1n) is 6.04. The van der Waals surface area contributed by atoms with Crippen LogP contribution in [0, 0.1) is 0 Å². The SMILES string of the molecule is COc1ccccc1NC(=O)CN(C)C1CNC1.Cl. The average molecular weight is 286 g/mol. The molecule has 1 aliphatic rings. The van der Waals surface area contributed by atoms with Gasteiger partial charge in [-0.3, -0.25) is 9.69 Å². The number of ether oxygens (including phenoxy) is 1. The minimum atomic E-state index is -0.0195. The van der Waals surface area contributed by atoms with Crippen LogP contribution in [0.15, 0.2) is 24.3 Å². The zero-order valence-corrected chi connectivity index (χ0v) is 12.0. The Balaban J connectivity index is 0.00000180. The molecule has 1 heterocycles. The summed E-state index contributed by atoms with van der Waals surface area (Å²) in [7, 11) is 3.56. The van der Waals surface area contributed by atoms with Gasteiger partial charge in [-0.25, -0.2) is 0 Å². The molecular formula is C13H20ClN3O2. The third kappa shape index (κ3) is 4.09. The molecule has 1 aromatic carbocycles. The van der Waals surface area contributed by atoms with Crippen LogP contribution < -0.4 is 15.4 Å². The number of hydrogen-bond donors (Lipinski definition) is 2. The molecule has 19 heavy (non-hydrogen) atoms. The van der Waals surface area contributed by atoms with Gasteiger partial charge in [-0.1, -0.05) is 12.1 Å². The first-order valence-corrected chi connectivity index (χ1v) is 6.04. The van der Waals surface area contributed by atoms with Gasteiger partial charge in [0.15, 0.2) is 0 Å².